The fourth-order valence-electron chi connectivity index (χ4n) is 2.03. The Labute approximate surface area is 122 Å². The second-order valence-corrected chi connectivity index (χ2v) is 5.94. The van der Waals surface area contributed by atoms with Crippen LogP contribution in [0.1, 0.15) is 19.8 Å². The van der Waals surface area contributed by atoms with E-state index in [2.05, 4.69) is 5.32 Å². The van der Waals surface area contributed by atoms with Crippen molar-refractivity contribution in [1.82, 2.24) is 5.32 Å². The molecule has 1 amide bonds. The maximum absolute atomic E-state index is 11.2. The lowest BCUT2D eigenvalue weighted by Crippen LogP contribution is -2.63. The highest BCUT2D eigenvalue weighted by molar-refractivity contribution is 7.99. The smallest absolute Gasteiger partial charge is 0.217 e. The molecule has 1 rings (SSSR count). The summed E-state index contributed by atoms with van der Waals surface area (Å²) in [6, 6.07) is -0.732. The molecule has 0 aromatic carbocycles. The molecule has 0 saturated carbocycles. The lowest BCUT2D eigenvalue weighted by atomic mass is 9.98. The average Bonchev–Trinajstić information content (AvgIpc) is 2.41. The van der Waals surface area contributed by atoms with Crippen LogP contribution in [0.3, 0.4) is 0 Å². The molecular formula is C12H23NO6S. The first-order valence-electron chi connectivity index (χ1n) is 6.63. The molecule has 1 fully saturated rings. The highest BCUT2D eigenvalue weighted by Crippen LogP contribution is 2.29. The number of hydrogen-bond acceptors (Lipinski definition) is 7. The monoisotopic (exact) mass is 309 g/mol. The number of amides is 1. The molecule has 7 nitrogen and oxygen atoms in total. The van der Waals surface area contributed by atoms with Crippen molar-refractivity contribution in [2.45, 2.75) is 49.6 Å². The molecule has 0 bridgehead atoms. The van der Waals surface area contributed by atoms with E-state index in [9.17, 15) is 15.0 Å². The van der Waals surface area contributed by atoms with Crippen LogP contribution in [0.4, 0.5) is 0 Å². The standard InChI is InChI=1S/C12H23NO6S/c1-7(16)13-9-11(18)10(17)8(6-15)19-12(9)20-5-3-2-4-14/h8-12,14-15,17-18H,2-6H2,1H3,(H,13,16)/t8-,9-,10-,11-,12?/m1/s1. The number of carbonyl (C=O) groups is 1. The quantitative estimate of drug-likeness (QED) is 0.361. The van der Waals surface area contributed by atoms with Crippen LogP contribution in [-0.4, -0.2) is 75.1 Å². The summed E-state index contributed by atoms with van der Waals surface area (Å²) in [4.78, 5) is 11.2. The number of nitrogens with one attached hydrogen (secondary N) is 1. The molecule has 118 valence electrons. The topological polar surface area (TPSA) is 119 Å². The Morgan fingerprint density at radius 2 is 1.95 bits per heavy atom. The van der Waals surface area contributed by atoms with Crippen molar-refractivity contribution in [3.63, 3.8) is 0 Å². The first-order valence-corrected chi connectivity index (χ1v) is 7.68. The van der Waals surface area contributed by atoms with E-state index in [1.807, 2.05) is 0 Å². The third-order valence-electron chi connectivity index (χ3n) is 3.09. The second-order valence-electron chi connectivity index (χ2n) is 4.73. The van der Waals surface area contributed by atoms with Crippen LogP contribution in [0.2, 0.25) is 0 Å². The summed E-state index contributed by atoms with van der Waals surface area (Å²) in [7, 11) is 0. The van der Waals surface area contributed by atoms with E-state index in [1.165, 1.54) is 18.7 Å². The third-order valence-corrected chi connectivity index (χ3v) is 4.34. The Balaban J connectivity index is 2.65. The number of aliphatic hydroxyl groups is 4. The molecule has 5 N–H and O–H groups in total. The van der Waals surface area contributed by atoms with Gasteiger partial charge in [0.15, 0.2) is 0 Å². The molecule has 1 saturated heterocycles. The van der Waals surface area contributed by atoms with Gasteiger partial charge in [-0.1, -0.05) is 0 Å². The largest absolute Gasteiger partial charge is 0.396 e. The van der Waals surface area contributed by atoms with Gasteiger partial charge in [0.25, 0.3) is 0 Å². The van der Waals surface area contributed by atoms with E-state index < -0.39 is 36.4 Å². The summed E-state index contributed by atoms with van der Waals surface area (Å²) >= 11 is 1.38. The van der Waals surface area contributed by atoms with Crippen molar-refractivity contribution < 1.29 is 30.0 Å². The number of ether oxygens (including phenoxy) is 1. The number of carbonyl (C=O) groups excluding carboxylic acids is 1. The first-order chi connectivity index (χ1) is 9.51. The van der Waals surface area contributed by atoms with Gasteiger partial charge in [-0.2, -0.15) is 0 Å². The van der Waals surface area contributed by atoms with Gasteiger partial charge in [0.05, 0.1) is 12.6 Å². The summed E-state index contributed by atoms with van der Waals surface area (Å²) < 4.78 is 5.54. The minimum absolute atomic E-state index is 0.113. The fourth-order valence-corrected chi connectivity index (χ4v) is 3.29. The molecule has 0 aromatic heterocycles. The molecule has 0 spiro atoms. The molecule has 1 aliphatic heterocycles. The summed E-state index contributed by atoms with van der Waals surface area (Å²) in [6.45, 7) is 1.03. The van der Waals surface area contributed by atoms with Gasteiger partial charge in [-0.05, 0) is 18.6 Å². The van der Waals surface area contributed by atoms with E-state index in [4.69, 9.17) is 14.9 Å². The Kier molecular flexibility index (Phi) is 7.78. The van der Waals surface area contributed by atoms with Gasteiger partial charge in [0, 0.05) is 13.5 Å². The Morgan fingerprint density at radius 3 is 2.50 bits per heavy atom. The summed E-state index contributed by atoms with van der Waals surface area (Å²) in [6.07, 6.45) is -1.87. The third kappa shape index (κ3) is 4.87. The number of hydrogen-bond donors (Lipinski definition) is 5. The van der Waals surface area contributed by atoms with Crippen molar-refractivity contribution >= 4 is 17.7 Å². The highest BCUT2D eigenvalue weighted by atomic mass is 32.2. The zero-order valence-corrected chi connectivity index (χ0v) is 12.3. The summed E-state index contributed by atoms with van der Waals surface area (Å²) in [5, 5.41) is 40.3. The van der Waals surface area contributed by atoms with Crippen LogP contribution in [0, 0.1) is 0 Å². The van der Waals surface area contributed by atoms with Crippen LogP contribution < -0.4 is 5.32 Å². The number of aliphatic hydroxyl groups excluding tert-OH is 4. The lowest BCUT2D eigenvalue weighted by Gasteiger charge is -2.42. The zero-order chi connectivity index (χ0) is 15.1. The molecule has 1 heterocycles. The van der Waals surface area contributed by atoms with Gasteiger partial charge in [0.1, 0.15) is 23.7 Å². The summed E-state index contributed by atoms with van der Waals surface area (Å²) in [5.74, 6) is 0.357. The molecule has 5 atom stereocenters. The molecular weight excluding hydrogens is 286 g/mol. The van der Waals surface area contributed by atoms with Crippen LogP contribution >= 0.6 is 11.8 Å². The van der Waals surface area contributed by atoms with Crippen molar-refractivity contribution in [2.75, 3.05) is 19.0 Å². The Hall–Kier alpha value is -0.380. The normalized spacial score (nSPS) is 34.0. The van der Waals surface area contributed by atoms with Crippen LogP contribution in [0.5, 0.6) is 0 Å². The first kappa shape index (κ1) is 17.7. The van der Waals surface area contributed by atoms with Gasteiger partial charge in [-0.3, -0.25) is 4.79 Å². The van der Waals surface area contributed by atoms with Gasteiger partial charge in [-0.15, -0.1) is 11.8 Å². The van der Waals surface area contributed by atoms with E-state index in [0.29, 0.717) is 12.2 Å². The maximum atomic E-state index is 11.2. The van der Waals surface area contributed by atoms with Gasteiger partial charge in [-0.25, -0.2) is 0 Å². The van der Waals surface area contributed by atoms with Crippen molar-refractivity contribution in [1.29, 1.82) is 0 Å². The molecule has 8 heteroatoms. The van der Waals surface area contributed by atoms with Crippen molar-refractivity contribution in [3.05, 3.63) is 0 Å². The molecule has 1 aliphatic rings. The van der Waals surface area contributed by atoms with Crippen molar-refractivity contribution in [3.8, 4) is 0 Å². The molecule has 0 aliphatic carbocycles. The second kappa shape index (κ2) is 8.81. The molecule has 0 aromatic rings. The number of rotatable bonds is 7. The van der Waals surface area contributed by atoms with Crippen LogP contribution in [0.15, 0.2) is 0 Å². The zero-order valence-electron chi connectivity index (χ0n) is 11.4. The number of thioether (sulfide) groups is 1. The summed E-state index contributed by atoms with van der Waals surface area (Å²) in [5.41, 5.74) is -0.548. The number of unbranched alkanes of at least 4 members (excludes halogenated alkanes) is 1. The molecule has 0 radical (unpaired) electrons. The van der Waals surface area contributed by atoms with Gasteiger partial charge < -0.3 is 30.5 Å². The van der Waals surface area contributed by atoms with Crippen LogP contribution in [0.25, 0.3) is 0 Å². The Morgan fingerprint density at radius 1 is 1.25 bits per heavy atom. The predicted octanol–water partition coefficient (Wildman–Crippen LogP) is -1.56. The van der Waals surface area contributed by atoms with E-state index >= 15 is 0 Å². The lowest BCUT2D eigenvalue weighted by molar-refractivity contribution is -0.173. The van der Waals surface area contributed by atoms with E-state index in [-0.39, 0.29) is 12.5 Å². The minimum Gasteiger partial charge on any atom is -0.396 e. The molecule has 1 unspecified atom stereocenters. The van der Waals surface area contributed by atoms with E-state index in [0.717, 1.165) is 6.42 Å². The maximum Gasteiger partial charge on any atom is 0.217 e. The predicted molar refractivity (Wildman–Crippen MR) is 74.1 cm³/mol. The Bertz CT molecular complexity index is 306. The van der Waals surface area contributed by atoms with E-state index in [1.54, 1.807) is 0 Å². The SMILES string of the molecule is CC(=O)N[C@H]1C(SCCCCO)O[C@H](CO)[C@@H](O)[C@@H]1O. The van der Waals surface area contributed by atoms with Crippen LogP contribution in [-0.2, 0) is 9.53 Å². The fraction of sp³-hybridized carbons (Fsp3) is 0.917. The molecule has 20 heavy (non-hydrogen) atoms. The van der Waals surface area contributed by atoms with Gasteiger partial charge >= 0.3 is 0 Å². The highest BCUT2D eigenvalue weighted by Gasteiger charge is 2.44. The van der Waals surface area contributed by atoms with Gasteiger partial charge in [0.2, 0.25) is 5.91 Å². The minimum atomic E-state index is -1.24. The average molecular weight is 309 g/mol. The van der Waals surface area contributed by atoms with Crippen molar-refractivity contribution in [2.24, 2.45) is 0 Å².